The Hall–Kier alpha value is -4.00. The highest BCUT2D eigenvalue weighted by Crippen LogP contribution is 2.42. The van der Waals surface area contributed by atoms with Crippen LogP contribution in [0.2, 0.25) is 0 Å². The third-order valence-corrected chi connectivity index (χ3v) is 5.22. The minimum atomic E-state index is -0.829. The van der Waals surface area contributed by atoms with E-state index in [9.17, 15) is 14.7 Å². The van der Waals surface area contributed by atoms with Gasteiger partial charge in [0.25, 0.3) is 11.7 Å². The van der Waals surface area contributed by atoms with Gasteiger partial charge in [-0.2, -0.15) is 0 Å². The van der Waals surface area contributed by atoms with Crippen LogP contribution in [0.5, 0.6) is 11.5 Å². The number of rotatable bonds is 6. The first-order chi connectivity index (χ1) is 15.0. The van der Waals surface area contributed by atoms with Crippen LogP contribution in [-0.4, -0.2) is 35.9 Å². The number of carbonyl (C=O) groups is 2. The fourth-order valence-corrected chi connectivity index (χ4v) is 3.73. The molecule has 3 aromatic rings. The van der Waals surface area contributed by atoms with E-state index >= 15 is 0 Å². The van der Waals surface area contributed by atoms with Crippen LogP contribution in [-0.2, 0) is 16.1 Å². The zero-order chi connectivity index (χ0) is 22.0. The molecule has 158 valence electrons. The first-order valence-electron chi connectivity index (χ1n) is 9.63. The van der Waals surface area contributed by atoms with Gasteiger partial charge in [0.15, 0.2) is 11.5 Å². The summed E-state index contributed by atoms with van der Waals surface area (Å²) in [7, 11) is 3.03. The van der Waals surface area contributed by atoms with E-state index in [1.165, 1.54) is 25.4 Å². The summed E-state index contributed by atoms with van der Waals surface area (Å²) in [6, 6.07) is 16.4. The Morgan fingerprint density at radius 2 is 1.74 bits per heavy atom. The van der Waals surface area contributed by atoms with Gasteiger partial charge in [0.1, 0.15) is 11.5 Å². The van der Waals surface area contributed by atoms with E-state index in [1.54, 1.807) is 60.7 Å². The van der Waals surface area contributed by atoms with Gasteiger partial charge in [0.2, 0.25) is 0 Å². The molecule has 0 saturated carbocycles. The number of benzene rings is 2. The summed E-state index contributed by atoms with van der Waals surface area (Å²) >= 11 is 0. The number of furan rings is 1. The summed E-state index contributed by atoms with van der Waals surface area (Å²) < 4.78 is 16.1. The molecule has 1 amide bonds. The van der Waals surface area contributed by atoms with Crippen LogP contribution in [0.4, 0.5) is 0 Å². The van der Waals surface area contributed by atoms with Gasteiger partial charge in [-0.25, -0.2) is 0 Å². The van der Waals surface area contributed by atoms with Crippen molar-refractivity contribution in [2.24, 2.45) is 0 Å². The van der Waals surface area contributed by atoms with Crippen molar-refractivity contribution in [3.05, 3.63) is 89.4 Å². The lowest BCUT2D eigenvalue weighted by Gasteiger charge is -2.25. The largest absolute Gasteiger partial charge is 0.507 e. The molecule has 1 atom stereocenters. The molecule has 0 unspecified atom stereocenters. The Kier molecular flexibility index (Phi) is 5.49. The van der Waals surface area contributed by atoms with Gasteiger partial charge in [0.05, 0.1) is 38.6 Å². The molecular weight excluding hydrogens is 398 g/mol. The van der Waals surface area contributed by atoms with Crippen LogP contribution in [0, 0.1) is 0 Å². The molecule has 1 N–H and O–H groups in total. The van der Waals surface area contributed by atoms with Gasteiger partial charge in [0, 0.05) is 5.56 Å². The molecular formula is C24H21NO6. The number of methoxy groups -OCH3 is 2. The second kappa shape index (κ2) is 8.39. The zero-order valence-electron chi connectivity index (χ0n) is 17.1. The third kappa shape index (κ3) is 3.66. The average Bonchev–Trinajstić information content (AvgIpc) is 3.41. The normalized spacial score (nSPS) is 17.7. The van der Waals surface area contributed by atoms with Crippen molar-refractivity contribution in [1.29, 1.82) is 0 Å². The highest BCUT2D eigenvalue weighted by molar-refractivity contribution is 6.46. The van der Waals surface area contributed by atoms with Crippen LogP contribution < -0.4 is 9.47 Å². The number of hydrogen-bond acceptors (Lipinski definition) is 6. The van der Waals surface area contributed by atoms with E-state index in [0.717, 1.165) is 0 Å². The highest BCUT2D eigenvalue weighted by atomic mass is 16.5. The maximum atomic E-state index is 13.0. The number of ketones is 1. The molecule has 1 fully saturated rings. The number of amides is 1. The van der Waals surface area contributed by atoms with Gasteiger partial charge in [-0.1, -0.05) is 36.4 Å². The van der Waals surface area contributed by atoms with Crippen molar-refractivity contribution in [2.45, 2.75) is 12.6 Å². The van der Waals surface area contributed by atoms with E-state index < -0.39 is 17.7 Å². The van der Waals surface area contributed by atoms with Crippen molar-refractivity contribution in [2.75, 3.05) is 14.2 Å². The van der Waals surface area contributed by atoms with E-state index in [-0.39, 0.29) is 17.9 Å². The maximum Gasteiger partial charge on any atom is 0.296 e. The maximum absolute atomic E-state index is 13.0. The number of carbonyl (C=O) groups excluding carboxylic acids is 2. The SMILES string of the molecule is COc1ccc([C@@H]2C(=C(O)c3ccccc3)C(=O)C(=O)N2Cc2ccco2)cc1OC. The fraction of sp³-hybridized carbons (Fsp3) is 0.167. The number of ether oxygens (including phenoxy) is 2. The molecule has 0 spiro atoms. The molecule has 0 bridgehead atoms. The first kappa shape index (κ1) is 20.3. The Labute approximate surface area is 179 Å². The molecule has 1 saturated heterocycles. The van der Waals surface area contributed by atoms with Gasteiger partial charge in [-0.05, 0) is 29.8 Å². The minimum absolute atomic E-state index is 0.00924. The molecule has 2 heterocycles. The Morgan fingerprint density at radius 1 is 1.00 bits per heavy atom. The second-order valence-electron chi connectivity index (χ2n) is 6.99. The van der Waals surface area contributed by atoms with Crippen molar-refractivity contribution in [1.82, 2.24) is 4.90 Å². The number of likely N-dealkylation sites (tertiary alicyclic amines) is 1. The summed E-state index contributed by atoms with van der Waals surface area (Å²) in [4.78, 5) is 27.4. The molecule has 1 aliphatic rings. The summed E-state index contributed by atoms with van der Waals surface area (Å²) in [6.45, 7) is 0.0716. The van der Waals surface area contributed by atoms with Crippen molar-refractivity contribution in [3.8, 4) is 11.5 Å². The van der Waals surface area contributed by atoms with E-state index in [0.29, 0.717) is 28.4 Å². The monoisotopic (exact) mass is 419 g/mol. The average molecular weight is 419 g/mol. The fourth-order valence-electron chi connectivity index (χ4n) is 3.73. The Balaban J connectivity index is 1.89. The molecule has 2 aromatic carbocycles. The minimum Gasteiger partial charge on any atom is -0.507 e. The van der Waals surface area contributed by atoms with E-state index in [2.05, 4.69) is 0 Å². The predicted molar refractivity (Wildman–Crippen MR) is 113 cm³/mol. The van der Waals surface area contributed by atoms with E-state index in [4.69, 9.17) is 13.9 Å². The number of aliphatic hydroxyl groups is 1. The number of Topliss-reactive ketones (excluding diaryl/α,β-unsaturated/α-hetero) is 1. The zero-order valence-corrected chi connectivity index (χ0v) is 17.1. The quantitative estimate of drug-likeness (QED) is 0.370. The number of aliphatic hydroxyl groups excluding tert-OH is 1. The predicted octanol–water partition coefficient (Wildman–Crippen LogP) is 3.92. The molecule has 1 aromatic heterocycles. The first-order valence-corrected chi connectivity index (χ1v) is 9.63. The van der Waals surface area contributed by atoms with Crippen LogP contribution in [0.1, 0.15) is 22.9 Å². The van der Waals surface area contributed by atoms with Crippen LogP contribution in [0.3, 0.4) is 0 Å². The van der Waals surface area contributed by atoms with Gasteiger partial charge >= 0.3 is 0 Å². The molecule has 7 nitrogen and oxygen atoms in total. The Bertz CT molecular complexity index is 1130. The van der Waals surface area contributed by atoms with Crippen molar-refractivity contribution in [3.63, 3.8) is 0 Å². The molecule has 0 aliphatic carbocycles. The molecule has 4 rings (SSSR count). The lowest BCUT2D eigenvalue weighted by atomic mass is 9.95. The molecule has 31 heavy (non-hydrogen) atoms. The topological polar surface area (TPSA) is 89.2 Å². The van der Waals surface area contributed by atoms with Crippen molar-refractivity contribution < 1.29 is 28.6 Å². The van der Waals surface area contributed by atoms with Crippen LogP contribution in [0.15, 0.2) is 76.9 Å². The van der Waals surface area contributed by atoms with Crippen molar-refractivity contribution >= 4 is 17.4 Å². The number of hydrogen-bond donors (Lipinski definition) is 1. The van der Waals surface area contributed by atoms with Crippen LogP contribution >= 0.6 is 0 Å². The highest BCUT2D eigenvalue weighted by Gasteiger charge is 2.46. The molecule has 7 heteroatoms. The smallest absolute Gasteiger partial charge is 0.296 e. The second-order valence-corrected chi connectivity index (χ2v) is 6.99. The lowest BCUT2D eigenvalue weighted by molar-refractivity contribution is -0.140. The lowest BCUT2D eigenvalue weighted by Crippen LogP contribution is -2.29. The van der Waals surface area contributed by atoms with E-state index in [1.807, 2.05) is 0 Å². The standard InChI is InChI=1S/C24H21NO6/c1-29-18-11-10-16(13-19(18)30-2)21-20(22(26)15-7-4-3-5-8-15)23(27)24(28)25(21)14-17-9-6-12-31-17/h3-13,21,26H,14H2,1-2H3/t21-/m1/s1. The molecule has 0 radical (unpaired) electrons. The summed E-state index contributed by atoms with van der Waals surface area (Å²) in [6.07, 6.45) is 1.50. The number of nitrogens with zero attached hydrogens (tertiary/aromatic N) is 1. The third-order valence-electron chi connectivity index (χ3n) is 5.22. The summed E-state index contributed by atoms with van der Waals surface area (Å²) in [5.74, 6) is -0.227. The Morgan fingerprint density at radius 3 is 2.39 bits per heavy atom. The van der Waals surface area contributed by atoms with Gasteiger partial charge < -0.3 is 23.9 Å². The summed E-state index contributed by atoms with van der Waals surface area (Å²) in [5.41, 5.74) is 1.06. The van der Waals surface area contributed by atoms with Crippen LogP contribution in [0.25, 0.3) is 5.76 Å². The van der Waals surface area contributed by atoms with Gasteiger partial charge in [-0.3, -0.25) is 9.59 Å². The molecule has 1 aliphatic heterocycles. The van der Waals surface area contributed by atoms with Gasteiger partial charge in [-0.15, -0.1) is 0 Å². The summed E-state index contributed by atoms with van der Waals surface area (Å²) in [5, 5.41) is 11.0.